The summed E-state index contributed by atoms with van der Waals surface area (Å²) in [4.78, 5) is 14.0. The van der Waals surface area contributed by atoms with E-state index in [4.69, 9.17) is 40.5 Å². The van der Waals surface area contributed by atoms with Crippen molar-refractivity contribution in [3.05, 3.63) is 99.7 Å². The number of hydrogen-bond acceptors (Lipinski definition) is 10. The molecule has 0 saturated carbocycles. The summed E-state index contributed by atoms with van der Waals surface area (Å²) in [6.07, 6.45) is 5.01. The van der Waals surface area contributed by atoms with Gasteiger partial charge in [0.1, 0.15) is 0 Å². The van der Waals surface area contributed by atoms with Crippen molar-refractivity contribution in [2.24, 2.45) is 0 Å². The number of fused-ring (bicyclic) bond motifs is 2. The first-order valence-electron chi connectivity index (χ1n) is 11.6. The van der Waals surface area contributed by atoms with Crippen LogP contribution in [0.3, 0.4) is 0 Å². The predicted molar refractivity (Wildman–Crippen MR) is 162 cm³/mol. The van der Waals surface area contributed by atoms with Gasteiger partial charge in [-0.3, -0.25) is 0 Å². The van der Waals surface area contributed by atoms with Gasteiger partial charge in [0.05, 0.1) is 47.2 Å². The van der Waals surface area contributed by atoms with Crippen molar-refractivity contribution >= 4 is 73.8 Å². The van der Waals surface area contributed by atoms with Crippen molar-refractivity contribution in [1.82, 2.24) is 40.3 Å². The molecule has 0 fully saturated rings. The van der Waals surface area contributed by atoms with Gasteiger partial charge in [0.2, 0.25) is 10.6 Å². The molecule has 2 aromatic carbocycles. The van der Waals surface area contributed by atoms with Gasteiger partial charge in [0.15, 0.2) is 22.6 Å². The molecular weight excluding hydrogens is 609 g/mol. The molecule has 15 heteroatoms. The molecule has 0 unspecified atom stereocenters. The van der Waals surface area contributed by atoms with E-state index in [0.717, 1.165) is 45.3 Å². The minimum atomic E-state index is -0.666. The lowest BCUT2D eigenvalue weighted by Crippen LogP contribution is -2.01. The van der Waals surface area contributed by atoms with E-state index >= 15 is 0 Å². The van der Waals surface area contributed by atoms with Gasteiger partial charge in [0, 0.05) is 10.8 Å². The number of halogens is 5. The third-order valence-corrected chi connectivity index (χ3v) is 6.04. The van der Waals surface area contributed by atoms with Crippen molar-refractivity contribution in [1.29, 1.82) is 0 Å². The minimum absolute atomic E-state index is 0. The van der Waals surface area contributed by atoms with Crippen LogP contribution >= 0.6 is 34.8 Å². The Morgan fingerprint density at radius 1 is 0.714 bits per heavy atom. The Hall–Kier alpha value is -4.39. The van der Waals surface area contributed by atoms with Crippen LogP contribution in [0.25, 0.3) is 21.8 Å². The number of aromatic nitrogens is 8. The van der Waals surface area contributed by atoms with Crippen molar-refractivity contribution in [2.75, 3.05) is 11.1 Å². The van der Waals surface area contributed by atoms with E-state index in [9.17, 15) is 8.78 Å². The number of nitrogens with zero attached hydrogens (tertiary/aromatic N) is 8. The molecule has 0 aliphatic rings. The summed E-state index contributed by atoms with van der Waals surface area (Å²) in [6.45, 7) is 3.93. The molecule has 6 rings (SSSR count). The fourth-order valence-corrected chi connectivity index (χ4v) is 3.89. The average Bonchev–Trinajstić information content (AvgIpc) is 2.95. The molecule has 10 nitrogen and oxygen atoms in total. The largest absolute Gasteiger partial charge is 0.397 e. The Kier molecular flexibility index (Phi) is 11.1. The number of nitrogens with one attached hydrogen (secondary N) is 1. The van der Waals surface area contributed by atoms with Crippen LogP contribution in [0.15, 0.2) is 61.2 Å². The Balaban J connectivity index is 0.000000188. The van der Waals surface area contributed by atoms with Gasteiger partial charge in [-0.15, -0.1) is 0 Å². The third kappa shape index (κ3) is 7.87. The SMILES string of the molecule is C.Cc1cccc2c(N)cnnc12.Cc1cccc2c(Nc3nc(Cl)ncc3F)cnnc12.Fc1cnc(Cl)nc1Cl. The number of nitrogens with two attached hydrogens (primary N) is 1. The monoisotopic (exact) mass is 630 g/mol. The quantitative estimate of drug-likeness (QED) is 0.147. The lowest BCUT2D eigenvalue weighted by Gasteiger charge is -2.09. The molecular formula is C27H23Cl3F2N10. The Bertz CT molecular complexity index is 1800. The highest BCUT2D eigenvalue weighted by atomic mass is 35.5. The number of hydrogen-bond donors (Lipinski definition) is 2. The topological polar surface area (TPSA) is 141 Å². The number of benzene rings is 2. The fourth-order valence-electron chi connectivity index (χ4n) is 3.45. The summed E-state index contributed by atoms with van der Waals surface area (Å²) >= 11 is 16.1. The van der Waals surface area contributed by atoms with Crippen LogP contribution in [0.1, 0.15) is 18.6 Å². The molecule has 0 radical (unpaired) electrons. The van der Waals surface area contributed by atoms with Crippen LogP contribution in [-0.2, 0) is 0 Å². The van der Waals surface area contributed by atoms with E-state index in [2.05, 4.69) is 45.6 Å². The van der Waals surface area contributed by atoms with Crippen LogP contribution in [0.5, 0.6) is 0 Å². The summed E-state index contributed by atoms with van der Waals surface area (Å²) < 4.78 is 25.8. The molecule has 0 bridgehead atoms. The molecule has 0 aliphatic carbocycles. The highest BCUT2D eigenvalue weighted by molar-refractivity contribution is 6.31. The van der Waals surface area contributed by atoms with Crippen LogP contribution in [-0.4, -0.2) is 40.3 Å². The second-order valence-electron chi connectivity index (χ2n) is 8.24. The second-order valence-corrected chi connectivity index (χ2v) is 9.27. The number of aryl methyl sites for hydroxylation is 2. The first-order valence-corrected chi connectivity index (χ1v) is 12.7. The maximum absolute atomic E-state index is 13.7. The zero-order valence-corrected chi connectivity index (χ0v) is 23.6. The highest BCUT2D eigenvalue weighted by Crippen LogP contribution is 2.26. The molecule has 0 aliphatic heterocycles. The average molecular weight is 632 g/mol. The molecule has 0 spiro atoms. The lowest BCUT2D eigenvalue weighted by molar-refractivity contribution is 0.614. The van der Waals surface area contributed by atoms with Crippen molar-refractivity contribution < 1.29 is 8.78 Å². The minimum Gasteiger partial charge on any atom is -0.397 e. The van der Waals surface area contributed by atoms with E-state index in [1.165, 1.54) is 6.20 Å². The molecule has 0 atom stereocenters. The number of nitrogen functional groups attached to an aromatic ring is 1. The number of rotatable bonds is 2. The Morgan fingerprint density at radius 3 is 1.86 bits per heavy atom. The predicted octanol–water partition coefficient (Wildman–Crippen LogP) is 7.34. The molecule has 4 heterocycles. The van der Waals surface area contributed by atoms with Gasteiger partial charge in [-0.25, -0.2) is 23.7 Å². The first-order chi connectivity index (χ1) is 19.6. The van der Waals surface area contributed by atoms with Crippen molar-refractivity contribution in [2.45, 2.75) is 21.3 Å². The van der Waals surface area contributed by atoms with Crippen LogP contribution in [0.2, 0.25) is 15.7 Å². The molecule has 6 aromatic rings. The maximum Gasteiger partial charge on any atom is 0.224 e. The van der Waals surface area contributed by atoms with E-state index in [0.29, 0.717) is 11.4 Å². The third-order valence-electron chi connectivity index (χ3n) is 5.42. The van der Waals surface area contributed by atoms with Gasteiger partial charge in [-0.05, 0) is 48.2 Å². The summed E-state index contributed by atoms with van der Waals surface area (Å²) in [6, 6.07) is 11.6. The summed E-state index contributed by atoms with van der Waals surface area (Å²) in [5, 5.41) is 20.1. The normalized spacial score (nSPS) is 10.2. The van der Waals surface area contributed by atoms with Gasteiger partial charge < -0.3 is 11.1 Å². The molecule has 216 valence electrons. The number of anilines is 3. The van der Waals surface area contributed by atoms with E-state index < -0.39 is 11.6 Å². The van der Waals surface area contributed by atoms with Crippen molar-refractivity contribution in [3.8, 4) is 0 Å². The standard InChI is InChI=1S/C13H9ClFN5.C9H9N3.C4HCl2FN2.CH4/c1-7-3-2-4-8-10(6-17-20-11(7)8)18-12-9(15)5-16-13(14)19-12;1-6-3-2-4-7-8(10)5-11-12-9(6)7;5-3-2(7)1-8-4(6)9-3;/h2-6H,1H3,(H,16,18,19,20);2-5H,1H3,(H2,10,12);1H;1H4. The summed E-state index contributed by atoms with van der Waals surface area (Å²) in [5.74, 6) is -1.26. The molecule has 0 saturated heterocycles. The van der Waals surface area contributed by atoms with Crippen LogP contribution in [0.4, 0.5) is 26.0 Å². The van der Waals surface area contributed by atoms with Crippen molar-refractivity contribution in [3.63, 3.8) is 0 Å². The Labute approximate surface area is 254 Å². The van der Waals surface area contributed by atoms with Gasteiger partial charge in [0.25, 0.3) is 0 Å². The van der Waals surface area contributed by atoms with E-state index in [-0.39, 0.29) is 29.0 Å². The van der Waals surface area contributed by atoms with Crippen LogP contribution < -0.4 is 11.1 Å². The van der Waals surface area contributed by atoms with Gasteiger partial charge >= 0.3 is 0 Å². The zero-order chi connectivity index (χ0) is 29.5. The molecule has 4 aromatic heterocycles. The van der Waals surface area contributed by atoms with Crippen LogP contribution in [0, 0.1) is 25.5 Å². The van der Waals surface area contributed by atoms with E-state index in [1.807, 2.05) is 50.2 Å². The fraction of sp³-hybridized carbons (Fsp3) is 0.111. The smallest absolute Gasteiger partial charge is 0.224 e. The second kappa shape index (κ2) is 14.5. The zero-order valence-electron chi connectivity index (χ0n) is 21.3. The Morgan fingerprint density at radius 2 is 1.26 bits per heavy atom. The molecule has 3 N–H and O–H groups in total. The summed E-state index contributed by atoms with van der Waals surface area (Å²) in [7, 11) is 0. The maximum atomic E-state index is 13.7. The molecule has 42 heavy (non-hydrogen) atoms. The van der Waals surface area contributed by atoms with Gasteiger partial charge in [-0.2, -0.15) is 25.4 Å². The van der Waals surface area contributed by atoms with E-state index in [1.54, 1.807) is 6.20 Å². The van der Waals surface area contributed by atoms with Gasteiger partial charge in [-0.1, -0.05) is 55.4 Å². The lowest BCUT2D eigenvalue weighted by atomic mass is 10.1. The highest BCUT2D eigenvalue weighted by Gasteiger charge is 2.10. The summed E-state index contributed by atoms with van der Waals surface area (Å²) in [5.41, 5.74) is 10.7. The first kappa shape index (κ1) is 32.1. The molecule has 0 amide bonds.